The summed E-state index contributed by atoms with van der Waals surface area (Å²) in [7, 11) is 0. The third kappa shape index (κ3) is 5.09. The minimum absolute atomic E-state index is 0.416. The molecular weight excluding hydrogens is 326 g/mol. The maximum atomic E-state index is 12.0. The Labute approximate surface area is 137 Å². The lowest BCUT2D eigenvalue weighted by molar-refractivity contribution is -0.203. The summed E-state index contributed by atoms with van der Waals surface area (Å²) in [4.78, 5) is 34.3. The molecule has 0 bridgehead atoms. The fraction of sp³-hybridized carbons (Fsp3) is 0.750. The van der Waals surface area contributed by atoms with Crippen LogP contribution in [0.2, 0.25) is 0 Å². The van der Waals surface area contributed by atoms with E-state index in [2.05, 4.69) is 16.1 Å². The number of ether oxygens (including phenoxy) is 1. The molecule has 24 heavy (non-hydrogen) atoms. The van der Waals surface area contributed by atoms with E-state index < -0.39 is 67.4 Å². The predicted octanol–water partition coefficient (Wildman–Crippen LogP) is -5.25. The molecule has 1 saturated heterocycles. The van der Waals surface area contributed by atoms with E-state index in [0.29, 0.717) is 0 Å². The molecule has 0 saturated carbocycles. The number of hydrazine groups is 1. The Hall–Kier alpha value is -1.83. The van der Waals surface area contributed by atoms with Crippen molar-refractivity contribution in [2.75, 3.05) is 6.61 Å². The zero-order chi connectivity index (χ0) is 18.4. The Morgan fingerprint density at radius 2 is 1.83 bits per heavy atom. The van der Waals surface area contributed by atoms with Crippen LogP contribution < -0.4 is 27.6 Å². The highest BCUT2D eigenvalue weighted by Crippen LogP contribution is 2.20. The number of hydrogen-bond donors (Lipinski definition) is 8. The van der Waals surface area contributed by atoms with Gasteiger partial charge < -0.3 is 36.4 Å². The van der Waals surface area contributed by atoms with Gasteiger partial charge in [-0.1, -0.05) is 0 Å². The first-order valence-electron chi connectivity index (χ1n) is 7.15. The first-order valence-corrected chi connectivity index (χ1v) is 7.15. The molecule has 0 aromatic heterocycles. The highest BCUT2D eigenvalue weighted by molar-refractivity contribution is 5.87. The molecule has 0 aromatic carbocycles. The fourth-order valence-corrected chi connectivity index (χ4v) is 2.28. The van der Waals surface area contributed by atoms with E-state index in [4.69, 9.17) is 16.3 Å². The summed E-state index contributed by atoms with van der Waals surface area (Å²) in [6.45, 7) is 0.559. The van der Waals surface area contributed by atoms with Gasteiger partial charge in [-0.3, -0.25) is 20.2 Å². The first kappa shape index (κ1) is 20.2. The normalized spacial score (nSPS) is 31.1. The van der Waals surface area contributed by atoms with Gasteiger partial charge in [-0.05, 0) is 0 Å². The van der Waals surface area contributed by atoms with Gasteiger partial charge in [0.15, 0.2) is 6.23 Å². The van der Waals surface area contributed by atoms with Crippen molar-refractivity contribution in [3.05, 3.63) is 0 Å². The number of hydrogen-bond acceptors (Lipinski definition) is 9. The molecule has 6 unspecified atom stereocenters. The minimum Gasteiger partial charge on any atom is -0.394 e. The second-order valence-electron chi connectivity index (χ2n) is 5.38. The van der Waals surface area contributed by atoms with Crippen LogP contribution in [0.5, 0.6) is 0 Å². The topological polar surface area (TPSA) is 209 Å². The second-order valence-corrected chi connectivity index (χ2v) is 5.38. The molecule has 138 valence electrons. The molecule has 1 aliphatic heterocycles. The van der Waals surface area contributed by atoms with Crippen molar-refractivity contribution >= 4 is 17.7 Å². The number of aliphatic hydroxyl groups excluding tert-OH is 3. The molecular formula is C12H23N5O7. The maximum Gasteiger partial charge on any atom is 0.236 e. The van der Waals surface area contributed by atoms with Gasteiger partial charge in [0.25, 0.3) is 0 Å². The van der Waals surface area contributed by atoms with Crippen LogP contribution in [-0.4, -0.2) is 76.3 Å². The number of carbonyl (C=O) groups excluding carboxylic acids is 3. The zero-order valence-electron chi connectivity index (χ0n) is 13.0. The summed E-state index contributed by atoms with van der Waals surface area (Å²) in [6.07, 6.45) is -5.80. The number of nitrogens with one attached hydrogen (secondary N) is 3. The molecule has 1 fully saturated rings. The SMILES string of the molecule is CC(=O)NC1C(NC(=O)CC(NN)C(N)=O)OC(CO)C(O)C1O. The number of aliphatic hydroxyl groups is 3. The van der Waals surface area contributed by atoms with Gasteiger partial charge in [-0.25, -0.2) is 5.43 Å². The van der Waals surface area contributed by atoms with Crippen molar-refractivity contribution < 1.29 is 34.4 Å². The van der Waals surface area contributed by atoms with Crippen LogP contribution >= 0.6 is 0 Å². The Bertz CT molecular complexity index is 477. The monoisotopic (exact) mass is 349 g/mol. The third-order valence-electron chi connectivity index (χ3n) is 3.53. The van der Waals surface area contributed by atoms with Crippen LogP contribution in [0.3, 0.4) is 0 Å². The number of amides is 3. The van der Waals surface area contributed by atoms with Crippen LogP contribution in [0, 0.1) is 0 Å². The Morgan fingerprint density at radius 1 is 1.21 bits per heavy atom. The van der Waals surface area contributed by atoms with Crippen molar-refractivity contribution in [1.82, 2.24) is 16.1 Å². The van der Waals surface area contributed by atoms with E-state index in [1.807, 2.05) is 0 Å². The molecule has 1 heterocycles. The molecule has 1 aliphatic rings. The third-order valence-corrected chi connectivity index (χ3v) is 3.53. The maximum absolute atomic E-state index is 12.0. The van der Waals surface area contributed by atoms with E-state index in [0.717, 1.165) is 0 Å². The average Bonchev–Trinajstić information content (AvgIpc) is 2.51. The molecule has 0 aromatic rings. The Balaban J connectivity index is 2.84. The largest absolute Gasteiger partial charge is 0.394 e. The standard InChI is InChI=1S/C12H23N5O7/c1-4(19)15-8-10(22)9(21)6(3-18)24-12(8)16-7(20)2-5(17-14)11(13)23/h5-6,8-10,12,17-18,21-22H,2-3,14H2,1H3,(H2,13,23)(H,15,19)(H,16,20). The lowest BCUT2D eigenvalue weighted by Crippen LogP contribution is -2.68. The first-order chi connectivity index (χ1) is 11.2. The van der Waals surface area contributed by atoms with Crippen molar-refractivity contribution in [3.8, 4) is 0 Å². The zero-order valence-corrected chi connectivity index (χ0v) is 13.0. The molecule has 12 nitrogen and oxygen atoms in total. The number of primary amides is 1. The molecule has 0 radical (unpaired) electrons. The van der Waals surface area contributed by atoms with Gasteiger partial charge in [-0.15, -0.1) is 0 Å². The molecule has 0 aliphatic carbocycles. The van der Waals surface area contributed by atoms with Crippen LogP contribution in [0.4, 0.5) is 0 Å². The number of nitrogens with two attached hydrogens (primary N) is 2. The van der Waals surface area contributed by atoms with Crippen molar-refractivity contribution in [2.45, 2.75) is 50.0 Å². The Morgan fingerprint density at radius 3 is 2.29 bits per heavy atom. The van der Waals surface area contributed by atoms with Gasteiger partial charge in [0.2, 0.25) is 17.7 Å². The van der Waals surface area contributed by atoms with Crippen LogP contribution in [0.1, 0.15) is 13.3 Å². The molecule has 0 spiro atoms. The van der Waals surface area contributed by atoms with Crippen LogP contribution in [0.25, 0.3) is 0 Å². The molecule has 3 amide bonds. The molecule has 12 heteroatoms. The van der Waals surface area contributed by atoms with E-state index in [-0.39, 0.29) is 0 Å². The smallest absolute Gasteiger partial charge is 0.236 e. The van der Waals surface area contributed by atoms with Crippen molar-refractivity contribution in [2.24, 2.45) is 11.6 Å². The van der Waals surface area contributed by atoms with Gasteiger partial charge in [0.05, 0.1) is 13.0 Å². The molecule has 10 N–H and O–H groups in total. The second kappa shape index (κ2) is 8.86. The van der Waals surface area contributed by atoms with E-state index >= 15 is 0 Å². The van der Waals surface area contributed by atoms with Crippen molar-refractivity contribution in [1.29, 1.82) is 0 Å². The van der Waals surface area contributed by atoms with E-state index in [1.165, 1.54) is 6.92 Å². The lowest BCUT2D eigenvalue weighted by Gasteiger charge is -2.42. The van der Waals surface area contributed by atoms with Gasteiger partial charge in [-0.2, -0.15) is 0 Å². The average molecular weight is 349 g/mol. The van der Waals surface area contributed by atoms with Crippen LogP contribution in [0.15, 0.2) is 0 Å². The summed E-state index contributed by atoms with van der Waals surface area (Å²) in [5.41, 5.74) is 7.12. The fourth-order valence-electron chi connectivity index (χ4n) is 2.28. The summed E-state index contributed by atoms with van der Waals surface area (Å²) >= 11 is 0. The highest BCUT2D eigenvalue weighted by Gasteiger charge is 2.45. The Kier molecular flexibility index (Phi) is 7.47. The van der Waals surface area contributed by atoms with E-state index in [1.54, 1.807) is 0 Å². The van der Waals surface area contributed by atoms with Gasteiger partial charge in [0.1, 0.15) is 30.4 Å². The highest BCUT2D eigenvalue weighted by atomic mass is 16.5. The summed E-state index contributed by atoms with van der Waals surface area (Å²) in [6, 6.07) is -2.29. The lowest BCUT2D eigenvalue weighted by atomic mass is 9.95. The van der Waals surface area contributed by atoms with Crippen LogP contribution in [-0.2, 0) is 19.1 Å². The number of rotatable bonds is 7. The summed E-state index contributed by atoms with van der Waals surface area (Å²) in [5, 5.41) is 33.8. The van der Waals surface area contributed by atoms with Crippen molar-refractivity contribution in [3.63, 3.8) is 0 Å². The number of carbonyl (C=O) groups is 3. The molecule has 6 atom stereocenters. The summed E-state index contributed by atoms with van der Waals surface area (Å²) in [5.74, 6) is 3.02. The minimum atomic E-state index is -1.50. The quantitative estimate of drug-likeness (QED) is 0.163. The van der Waals surface area contributed by atoms with Gasteiger partial charge in [0, 0.05) is 6.92 Å². The molecule has 1 rings (SSSR count). The van der Waals surface area contributed by atoms with Gasteiger partial charge >= 0.3 is 0 Å². The summed E-state index contributed by atoms with van der Waals surface area (Å²) < 4.78 is 5.30. The van der Waals surface area contributed by atoms with E-state index in [9.17, 15) is 29.7 Å². The predicted molar refractivity (Wildman–Crippen MR) is 78.4 cm³/mol.